The second-order valence-corrected chi connectivity index (χ2v) is 6.08. The van der Waals surface area contributed by atoms with E-state index in [0.29, 0.717) is 12.0 Å². The van der Waals surface area contributed by atoms with Gasteiger partial charge in [-0.2, -0.15) is 24.9 Å². The molecular formula is C15H20F3NO2S. The van der Waals surface area contributed by atoms with Gasteiger partial charge >= 0.3 is 6.18 Å². The molecule has 0 aliphatic carbocycles. The number of aliphatic hydroxyl groups is 1. The van der Waals surface area contributed by atoms with Crippen LogP contribution in [0.5, 0.6) is 0 Å². The number of carbonyl (C=O) groups excluding carboxylic acids is 1. The Labute approximate surface area is 132 Å². The second kappa shape index (κ2) is 8.43. The summed E-state index contributed by atoms with van der Waals surface area (Å²) in [6.07, 6.45) is -1.92. The zero-order valence-corrected chi connectivity index (χ0v) is 13.3. The number of nitrogens with one attached hydrogen (secondary N) is 1. The summed E-state index contributed by atoms with van der Waals surface area (Å²) in [5, 5.41) is 11.9. The quantitative estimate of drug-likeness (QED) is 0.806. The Hall–Kier alpha value is -1.21. The molecule has 0 fully saturated rings. The van der Waals surface area contributed by atoms with E-state index < -0.39 is 11.7 Å². The summed E-state index contributed by atoms with van der Waals surface area (Å²) in [7, 11) is 0. The molecule has 1 rings (SSSR count). The predicted octanol–water partition coefficient (Wildman–Crippen LogP) is 2.87. The first kappa shape index (κ1) is 18.8. The van der Waals surface area contributed by atoms with Crippen LogP contribution in [0.15, 0.2) is 24.3 Å². The molecule has 0 saturated carbocycles. The molecule has 0 aromatic heterocycles. The highest BCUT2D eigenvalue weighted by atomic mass is 32.2. The van der Waals surface area contributed by atoms with Crippen molar-refractivity contribution in [3.05, 3.63) is 35.4 Å². The molecule has 1 amide bonds. The van der Waals surface area contributed by atoms with E-state index in [1.54, 1.807) is 0 Å². The number of thioether (sulfide) groups is 1. The molecule has 0 saturated heterocycles. The summed E-state index contributed by atoms with van der Waals surface area (Å²) in [5.74, 6) is -0.181. The number of alkyl halides is 3. The van der Waals surface area contributed by atoms with Gasteiger partial charge in [-0.25, -0.2) is 0 Å². The van der Waals surface area contributed by atoms with Gasteiger partial charge in [-0.1, -0.05) is 12.1 Å². The van der Waals surface area contributed by atoms with E-state index in [1.165, 1.54) is 23.9 Å². The number of benzene rings is 1. The number of hydrogen-bond donors (Lipinski definition) is 2. The fourth-order valence-corrected chi connectivity index (χ4v) is 2.60. The number of hydrogen-bond acceptors (Lipinski definition) is 3. The number of rotatable bonds is 7. The lowest BCUT2D eigenvalue weighted by molar-refractivity contribution is -0.137. The van der Waals surface area contributed by atoms with Crippen LogP contribution in [-0.2, 0) is 17.4 Å². The second-order valence-electron chi connectivity index (χ2n) is 5.01. The normalized spacial score (nSPS) is 14.5. The van der Waals surface area contributed by atoms with Crippen LogP contribution in [-0.4, -0.2) is 35.2 Å². The standard InChI is InChI=1S/C15H20F3NO2S/c1-10(13(9-20)22-2)19-14(21)8-5-11-3-6-12(7-4-11)15(16,17)18/h3-4,6-7,10,13,20H,5,8-9H2,1-2H3,(H,19,21). The molecule has 0 spiro atoms. The van der Waals surface area contributed by atoms with Gasteiger partial charge in [0.25, 0.3) is 0 Å². The molecule has 0 aliphatic heterocycles. The van der Waals surface area contributed by atoms with E-state index in [-0.39, 0.29) is 30.2 Å². The summed E-state index contributed by atoms with van der Waals surface area (Å²) in [6.45, 7) is 1.79. The predicted molar refractivity (Wildman–Crippen MR) is 81.8 cm³/mol. The van der Waals surface area contributed by atoms with Crippen molar-refractivity contribution in [1.29, 1.82) is 0 Å². The summed E-state index contributed by atoms with van der Waals surface area (Å²) < 4.78 is 37.3. The average Bonchev–Trinajstić information content (AvgIpc) is 2.46. The van der Waals surface area contributed by atoms with Crippen molar-refractivity contribution < 1.29 is 23.1 Å². The van der Waals surface area contributed by atoms with Crippen molar-refractivity contribution in [1.82, 2.24) is 5.32 Å². The number of aryl methyl sites for hydroxylation is 1. The third-order valence-electron chi connectivity index (χ3n) is 3.35. The van der Waals surface area contributed by atoms with Gasteiger partial charge in [-0.3, -0.25) is 4.79 Å². The first-order valence-corrected chi connectivity index (χ1v) is 8.16. The van der Waals surface area contributed by atoms with Gasteiger partial charge in [0.05, 0.1) is 12.2 Å². The first-order valence-electron chi connectivity index (χ1n) is 6.87. The Bertz CT molecular complexity index is 473. The lowest BCUT2D eigenvalue weighted by Crippen LogP contribution is -2.41. The Kier molecular flexibility index (Phi) is 7.22. The maximum Gasteiger partial charge on any atom is 0.416 e. The molecule has 1 aromatic carbocycles. The minimum atomic E-state index is -4.34. The highest BCUT2D eigenvalue weighted by molar-refractivity contribution is 7.99. The lowest BCUT2D eigenvalue weighted by Gasteiger charge is -2.21. The first-order chi connectivity index (χ1) is 10.3. The maximum atomic E-state index is 12.4. The number of carbonyl (C=O) groups is 1. The summed E-state index contributed by atoms with van der Waals surface area (Å²) >= 11 is 1.47. The maximum absolute atomic E-state index is 12.4. The van der Waals surface area contributed by atoms with Crippen molar-refractivity contribution in [3.63, 3.8) is 0 Å². The lowest BCUT2D eigenvalue weighted by atomic mass is 10.1. The van der Waals surface area contributed by atoms with Crippen LogP contribution >= 0.6 is 11.8 Å². The average molecular weight is 335 g/mol. The molecule has 3 nitrogen and oxygen atoms in total. The van der Waals surface area contributed by atoms with Gasteiger partial charge in [-0.15, -0.1) is 0 Å². The van der Waals surface area contributed by atoms with E-state index in [2.05, 4.69) is 5.32 Å². The highest BCUT2D eigenvalue weighted by Gasteiger charge is 2.29. The highest BCUT2D eigenvalue weighted by Crippen LogP contribution is 2.29. The van der Waals surface area contributed by atoms with Gasteiger partial charge < -0.3 is 10.4 Å². The van der Waals surface area contributed by atoms with Gasteiger partial charge in [-0.05, 0) is 37.3 Å². The summed E-state index contributed by atoms with van der Waals surface area (Å²) in [4.78, 5) is 11.8. The monoisotopic (exact) mass is 335 g/mol. The number of halogens is 3. The zero-order valence-electron chi connectivity index (χ0n) is 12.5. The summed E-state index contributed by atoms with van der Waals surface area (Å²) in [5.41, 5.74) is -0.0144. The fourth-order valence-electron chi connectivity index (χ4n) is 1.97. The summed E-state index contributed by atoms with van der Waals surface area (Å²) in [6, 6.07) is 4.65. The van der Waals surface area contributed by atoms with E-state index >= 15 is 0 Å². The zero-order chi connectivity index (χ0) is 16.8. The van der Waals surface area contributed by atoms with E-state index in [4.69, 9.17) is 5.11 Å². The van der Waals surface area contributed by atoms with E-state index in [0.717, 1.165) is 12.1 Å². The number of amides is 1. The molecule has 0 bridgehead atoms. The van der Waals surface area contributed by atoms with Gasteiger partial charge in [0, 0.05) is 17.7 Å². The largest absolute Gasteiger partial charge is 0.416 e. The molecule has 0 radical (unpaired) electrons. The van der Waals surface area contributed by atoms with Gasteiger partial charge in [0.2, 0.25) is 5.91 Å². The van der Waals surface area contributed by atoms with Crippen molar-refractivity contribution in [2.75, 3.05) is 12.9 Å². The van der Waals surface area contributed by atoms with Gasteiger partial charge in [0.1, 0.15) is 0 Å². The van der Waals surface area contributed by atoms with Crippen LogP contribution in [0.1, 0.15) is 24.5 Å². The van der Waals surface area contributed by atoms with E-state index in [1.807, 2.05) is 13.2 Å². The number of aliphatic hydroxyl groups excluding tert-OH is 1. The smallest absolute Gasteiger partial charge is 0.395 e. The third kappa shape index (κ3) is 5.88. The van der Waals surface area contributed by atoms with Crippen molar-refractivity contribution in [2.45, 2.75) is 37.2 Å². The van der Waals surface area contributed by atoms with Crippen LogP contribution < -0.4 is 5.32 Å². The molecule has 0 aliphatic rings. The Morgan fingerprint density at radius 2 is 1.91 bits per heavy atom. The molecule has 124 valence electrons. The van der Waals surface area contributed by atoms with Crippen LogP contribution in [0.3, 0.4) is 0 Å². The van der Waals surface area contributed by atoms with E-state index in [9.17, 15) is 18.0 Å². The van der Waals surface area contributed by atoms with Crippen LogP contribution in [0.4, 0.5) is 13.2 Å². The van der Waals surface area contributed by atoms with Crippen molar-refractivity contribution in [2.24, 2.45) is 0 Å². The SMILES string of the molecule is CSC(CO)C(C)NC(=O)CCc1ccc(C(F)(F)F)cc1. The van der Waals surface area contributed by atoms with Crippen LogP contribution in [0.2, 0.25) is 0 Å². The van der Waals surface area contributed by atoms with Crippen LogP contribution in [0, 0.1) is 0 Å². The molecule has 0 heterocycles. The molecule has 2 unspecified atom stereocenters. The molecule has 1 aromatic rings. The molecule has 2 atom stereocenters. The Morgan fingerprint density at radius 3 is 2.36 bits per heavy atom. The Balaban J connectivity index is 2.47. The van der Waals surface area contributed by atoms with Crippen molar-refractivity contribution in [3.8, 4) is 0 Å². The molecule has 22 heavy (non-hydrogen) atoms. The van der Waals surface area contributed by atoms with Crippen LogP contribution in [0.25, 0.3) is 0 Å². The fraction of sp³-hybridized carbons (Fsp3) is 0.533. The minimum Gasteiger partial charge on any atom is -0.395 e. The topological polar surface area (TPSA) is 49.3 Å². The third-order valence-corrected chi connectivity index (χ3v) is 4.51. The molecular weight excluding hydrogens is 315 g/mol. The Morgan fingerprint density at radius 1 is 1.32 bits per heavy atom. The minimum absolute atomic E-state index is 0.0263. The molecule has 2 N–H and O–H groups in total. The molecule has 7 heteroatoms. The van der Waals surface area contributed by atoms with Gasteiger partial charge in [0.15, 0.2) is 0 Å². The van der Waals surface area contributed by atoms with Crippen molar-refractivity contribution >= 4 is 17.7 Å².